The number of fused-ring (bicyclic) bond motifs is 6. The summed E-state index contributed by atoms with van der Waals surface area (Å²) in [5, 5.41) is 3.66. The van der Waals surface area contributed by atoms with Crippen molar-refractivity contribution in [3.05, 3.63) is 176 Å². The minimum absolute atomic E-state index is 0.851. The van der Waals surface area contributed by atoms with Crippen LogP contribution in [-0.4, -0.2) is 19.1 Å². The second kappa shape index (κ2) is 11.6. The summed E-state index contributed by atoms with van der Waals surface area (Å²) in [4.78, 5) is 10.5. The van der Waals surface area contributed by atoms with Gasteiger partial charge in [-0.05, 0) is 55.5 Å². The highest BCUT2D eigenvalue weighted by Gasteiger charge is 2.22. The second-order valence-electron chi connectivity index (χ2n) is 12.3. The average Bonchev–Trinajstić information content (AvgIpc) is 3.65. The second-order valence-corrected chi connectivity index (χ2v) is 12.3. The van der Waals surface area contributed by atoms with E-state index in [2.05, 4.69) is 150 Å². The van der Waals surface area contributed by atoms with Gasteiger partial charge in [-0.15, -0.1) is 0 Å². The van der Waals surface area contributed by atoms with E-state index >= 15 is 0 Å². The quantitative estimate of drug-likeness (QED) is 0.172. The third kappa shape index (κ3) is 4.61. The zero-order valence-corrected chi connectivity index (χ0v) is 27.1. The lowest BCUT2D eigenvalue weighted by Crippen LogP contribution is -1.98. The Morgan fingerprint density at radius 1 is 0.531 bits per heavy atom. The van der Waals surface area contributed by atoms with Crippen molar-refractivity contribution in [2.75, 3.05) is 0 Å². The molecule has 9 rings (SSSR count). The van der Waals surface area contributed by atoms with Crippen LogP contribution < -0.4 is 0 Å². The van der Waals surface area contributed by atoms with Gasteiger partial charge in [-0.25, -0.2) is 9.97 Å². The zero-order valence-electron chi connectivity index (χ0n) is 27.1. The lowest BCUT2D eigenvalue weighted by atomic mass is 10.0. The van der Waals surface area contributed by atoms with Crippen LogP contribution in [0.4, 0.5) is 0 Å². The first-order valence-corrected chi connectivity index (χ1v) is 16.6. The van der Waals surface area contributed by atoms with E-state index in [1.807, 2.05) is 36.4 Å². The normalized spacial score (nSPS) is 11.8. The van der Waals surface area contributed by atoms with Crippen LogP contribution in [0.5, 0.6) is 0 Å². The van der Waals surface area contributed by atoms with Crippen molar-refractivity contribution in [1.29, 1.82) is 0 Å². The lowest BCUT2D eigenvalue weighted by Gasteiger charge is -2.13. The first kappa shape index (κ1) is 28.7. The Morgan fingerprint density at radius 3 is 1.80 bits per heavy atom. The molecule has 0 bridgehead atoms. The molecule has 49 heavy (non-hydrogen) atoms. The van der Waals surface area contributed by atoms with Gasteiger partial charge in [0, 0.05) is 49.9 Å². The van der Waals surface area contributed by atoms with Crippen LogP contribution >= 0.6 is 0 Å². The van der Waals surface area contributed by atoms with E-state index < -0.39 is 0 Å². The van der Waals surface area contributed by atoms with Gasteiger partial charge in [0.05, 0.1) is 39.0 Å². The SMILES string of the molecule is C=C/C=C\c1c(C)n(-c2ccccc2)c2ccc3c(c4ccccc4n3-c3ccc4nc(-c5ccccc5)c(-c5ccccc5)nc4c3)c12. The van der Waals surface area contributed by atoms with Gasteiger partial charge in [0.25, 0.3) is 0 Å². The number of para-hydroxylation sites is 2. The van der Waals surface area contributed by atoms with E-state index in [4.69, 9.17) is 9.97 Å². The zero-order chi connectivity index (χ0) is 32.9. The van der Waals surface area contributed by atoms with Gasteiger partial charge in [0.1, 0.15) is 0 Å². The van der Waals surface area contributed by atoms with E-state index in [1.54, 1.807) is 0 Å². The molecule has 0 aliphatic rings. The average molecular weight is 629 g/mol. The van der Waals surface area contributed by atoms with E-state index in [0.29, 0.717) is 0 Å². The number of rotatable bonds is 6. The molecule has 0 atom stereocenters. The number of hydrogen-bond donors (Lipinski definition) is 0. The summed E-state index contributed by atoms with van der Waals surface area (Å²) in [7, 11) is 0. The molecule has 232 valence electrons. The molecular weight excluding hydrogens is 597 g/mol. The Balaban J connectivity index is 1.33. The Labute approximate surface area is 284 Å². The number of allylic oxidation sites excluding steroid dienone is 2. The first-order chi connectivity index (χ1) is 24.2. The van der Waals surface area contributed by atoms with Crippen molar-refractivity contribution in [1.82, 2.24) is 19.1 Å². The molecule has 6 aromatic carbocycles. The van der Waals surface area contributed by atoms with Crippen LogP contribution in [0.1, 0.15) is 11.3 Å². The molecular formula is C45H32N4. The van der Waals surface area contributed by atoms with Crippen LogP contribution in [0.15, 0.2) is 164 Å². The molecule has 0 radical (unpaired) electrons. The fourth-order valence-electron chi connectivity index (χ4n) is 7.32. The Bertz CT molecular complexity index is 2720. The highest BCUT2D eigenvalue weighted by atomic mass is 15.0. The molecule has 3 heterocycles. The van der Waals surface area contributed by atoms with E-state index in [0.717, 1.165) is 56.0 Å². The first-order valence-electron chi connectivity index (χ1n) is 16.6. The molecule has 4 heteroatoms. The number of hydrogen-bond acceptors (Lipinski definition) is 2. The summed E-state index contributed by atoms with van der Waals surface area (Å²) >= 11 is 0. The molecule has 0 N–H and O–H groups in total. The molecule has 0 aliphatic carbocycles. The van der Waals surface area contributed by atoms with Crippen LogP contribution in [0.25, 0.3) is 83.7 Å². The molecule has 4 nitrogen and oxygen atoms in total. The van der Waals surface area contributed by atoms with Gasteiger partial charge < -0.3 is 9.13 Å². The molecule has 3 aromatic heterocycles. The van der Waals surface area contributed by atoms with Crippen molar-refractivity contribution >= 4 is 49.8 Å². The minimum atomic E-state index is 0.851. The Kier molecular flexibility index (Phi) is 6.80. The Morgan fingerprint density at radius 2 is 1.12 bits per heavy atom. The van der Waals surface area contributed by atoms with Crippen molar-refractivity contribution in [3.8, 4) is 33.9 Å². The van der Waals surface area contributed by atoms with Gasteiger partial charge in [-0.1, -0.05) is 122 Å². The molecule has 0 spiro atoms. The topological polar surface area (TPSA) is 35.6 Å². The Hall–Kier alpha value is -6.52. The predicted molar refractivity (Wildman–Crippen MR) is 206 cm³/mol. The van der Waals surface area contributed by atoms with Crippen molar-refractivity contribution in [3.63, 3.8) is 0 Å². The van der Waals surface area contributed by atoms with E-state index in [-0.39, 0.29) is 0 Å². The molecule has 0 unspecified atom stereocenters. The maximum absolute atomic E-state index is 5.30. The van der Waals surface area contributed by atoms with Crippen molar-refractivity contribution in [2.24, 2.45) is 0 Å². The third-order valence-corrected chi connectivity index (χ3v) is 9.47. The van der Waals surface area contributed by atoms with Crippen molar-refractivity contribution < 1.29 is 0 Å². The molecule has 0 saturated heterocycles. The van der Waals surface area contributed by atoms with Gasteiger partial charge in [0.15, 0.2) is 0 Å². The summed E-state index contributed by atoms with van der Waals surface area (Å²) < 4.78 is 4.74. The maximum Gasteiger partial charge on any atom is 0.0973 e. The van der Waals surface area contributed by atoms with Crippen LogP contribution in [0.3, 0.4) is 0 Å². The molecule has 0 fully saturated rings. The smallest absolute Gasteiger partial charge is 0.0973 e. The fourth-order valence-corrected chi connectivity index (χ4v) is 7.32. The number of benzene rings is 6. The van der Waals surface area contributed by atoms with Gasteiger partial charge in [-0.2, -0.15) is 0 Å². The molecule has 0 aliphatic heterocycles. The standard InChI is InChI=1S/C45H32N4/c1-3-4-22-35-30(2)48(33-20-12-7-13-21-33)40-27-28-41-43(42(35)40)36-23-14-15-24-39(36)49(41)34-25-26-37-38(29-34)47-45(32-18-10-6-11-19-32)44(46-37)31-16-8-5-9-17-31/h3-29H,1H2,2H3/b22-4-. The fraction of sp³-hybridized carbons (Fsp3) is 0.0222. The van der Waals surface area contributed by atoms with Gasteiger partial charge in [-0.3, -0.25) is 0 Å². The molecule has 0 amide bonds. The largest absolute Gasteiger partial charge is 0.313 e. The molecule has 9 aromatic rings. The lowest BCUT2D eigenvalue weighted by molar-refractivity contribution is 1.05. The maximum atomic E-state index is 5.30. The third-order valence-electron chi connectivity index (χ3n) is 9.47. The highest BCUT2D eigenvalue weighted by molar-refractivity contribution is 6.23. The molecule has 0 saturated carbocycles. The summed E-state index contributed by atoms with van der Waals surface area (Å²) in [6.45, 7) is 6.18. The summed E-state index contributed by atoms with van der Waals surface area (Å²) in [5.41, 5.74) is 13.6. The summed E-state index contributed by atoms with van der Waals surface area (Å²) in [5.74, 6) is 0. The van der Waals surface area contributed by atoms with Gasteiger partial charge >= 0.3 is 0 Å². The van der Waals surface area contributed by atoms with Gasteiger partial charge in [0.2, 0.25) is 0 Å². The summed E-state index contributed by atoms with van der Waals surface area (Å²) in [6, 6.07) is 51.0. The van der Waals surface area contributed by atoms with Crippen LogP contribution in [0, 0.1) is 6.92 Å². The number of aromatic nitrogens is 4. The van der Waals surface area contributed by atoms with E-state index in [9.17, 15) is 0 Å². The number of nitrogens with zero attached hydrogens (tertiary/aromatic N) is 4. The highest BCUT2D eigenvalue weighted by Crippen LogP contribution is 2.42. The predicted octanol–water partition coefficient (Wildman–Crippen LogP) is 11.5. The minimum Gasteiger partial charge on any atom is -0.313 e. The van der Waals surface area contributed by atoms with Crippen LogP contribution in [0.2, 0.25) is 0 Å². The monoisotopic (exact) mass is 628 g/mol. The summed E-state index contributed by atoms with van der Waals surface area (Å²) in [6.07, 6.45) is 6.07. The van der Waals surface area contributed by atoms with E-state index in [1.165, 1.54) is 32.9 Å². The van der Waals surface area contributed by atoms with Crippen LogP contribution in [-0.2, 0) is 0 Å². The van der Waals surface area contributed by atoms with Crippen molar-refractivity contribution in [2.45, 2.75) is 6.92 Å².